The molecule has 11 atom stereocenters. The summed E-state index contributed by atoms with van der Waals surface area (Å²) in [5, 5.41) is 26.2. The van der Waals surface area contributed by atoms with Crippen molar-refractivity contribution < 1.29 is 81.1 Å². The molecule has 1 unspecified atom stereocenters. The van der Waals surface area contributed by atoms with Crippen molar-refractivity contribution in [1.82, 2.24) is 26.2 Å². The highest BCUT2D eigenvalue weighted by molar-refractivity contribution is 9.09. The summed E-state index contributed by atoms with van der Waals surface area (Å²) >= 11 is 13.4. The Labute approximate surface area is 533 Å². The zero-order valence-corrected chi connectivity index (χ0v) is 55.0. The number of methoxy groups -OCH3 is 2. The number of anilines is 2. The van der Waals surface area contributed by atoms with Crippen molar-refractivity contribution in [2.24, 2.45) is 23.5 Å². The summed E-state index contributed by atoms with van der Waals surface area (Å²) in [5.41, 5.74) is 3.11. The Hall–Kier alpha value is -6.23. The number of amides is 7. The van der Waals surface area contributed by atoms with E-state index in [9.17, 15) is 48.3 Å². The quantitative estimate of drug-likeness (QED) is 0.0139. The number of urea groups is 1. The van der Waals surface area contributed by atoms with E-state index in [0.717, 1.165) is 28.2 Å². The first kappa shape index (κ1) is 72.5. The summed E-state index contributed by atoms with van der Waals surface area (Å²) in [7, 11) is 5.56. The number of likely N-dealkylation sites (N-methyl/N-ethyl adjacent to an activating group) is 1. The molecule has 0 aromatic heterocycles. The van der Waals surface area contributed by atoms with Crippen LogP contribution in [-0.4, -0.2) is 176 Å². The number of nitrogens with two attached hydrogens (primary N) is 1. The smallest absolute Gasteiger partial charge is 0.409 e. The molecule has 2 aromatic rings. The van der Waals surface area contributed by atoms with Gasteiger partial charge in [0.1, 0.15) is 58.9 Å². The third-order valence-electron chi connectivity index (χ3n) is 15.9. The molecule has 24 nitrogen and oxygen atoms in total. The number of halogens is 4. The number of allylic oxidation sites excluding steroid dienone is 3. The van der Waals surface area contributed by atoms with E-state index in [0.29, 0.717) is 42.6 Å². The number of ether oxygens (including phenoxy) is 6. The van der Waals surface area contributed by atoms with E-state index < -0.39 is 125 Å². The standard InChI is InChI=1S/C60H82Br2ClFN8O16/c1-32(2)50(67-39(31-73)16-11-12-22-85-56(79)37(29-61)30-62)53(76)69-42(17-14-21-66-57(65)80)52(75)68-38-19-20-40(41(64)26-38)54(77)71(7)35(5)55(78)87-47-27-48(74)72(8)43-24-36(25-44(83-9)49(43)63)23-33(3)15-13-18-46(84-10)60(82)28-45(86-58(81)70-60)34(4)51-59(47,6)88-51/h13,15,18-20,24-26,31-32,34-35,37,39,42,45-47,50-51,67,82H,11-12,14,16-17,21-23,27-30H2,1-10H3,(H,68,75)(H,69,76)(H,70,81)(H3,65,66,80)/b18-13+,33-15+/t34-,35+,39?,42+,45+,46-,47+,50+,51+,59+,60+/m1/s1. The summed E-state index contributed by atoms with van der Waals surface area (Å²) in [4.78, 5) is 122. The lowest BCUT2D eigenvalue weighted by Gasteiger charge is -2.42. The molecule has 88 heavy (non-hydrogen) atoms. The number of nitrogens with zero attached hydrogens (tertiary/aromatic N) is 2. The molecular formula is C60H82Br2ClFN8O16. The number of primary amides is 1. The highest BCUT2D eigenvalue weighted by Gasteiger charge is 2.64. The normalized spacial score (nSPS) is 24.4. The Morgan fingerprint density at radius 1 is 1.03 bits per heavy atom. The number of epoxide rings is 1. The number of rotatable bonds is 26. The van der Waals surface area contributed by atoms with Crippen LogP contribution in [0.4, 0.5) is 25.4 Å². The van der Waals surface area contributed by atoms with E-state index in [2.05, 4.69) is 58.4 Å². The number of fused-ring (bicyclic) bond motifs is 5. The zero-order chi connectivity index (χ0) is 65.4. The molecule has 0 radical (unpaired) electrons. The molecule has 5 rings (SSSR count). The van der Waals surface area contributed by atoms with Gasteiger partial charge < -0.3 is 69.8 Å². The largest absolute Gasteiger partial charge is 0.495 e. The Kier molecular flexibility index (Phi) is 27.2. The molecule has 3 aliphatic rings. The van der Waals surface area contributed by atoms with Gasteiger partial charge in [0, 0.05) is 56.4 Å². The molecule has 0 spiro atoms. The number of esters is 2. The van der Waals surface area contributed by atoms with Crippen LogP contribution in [-0.2, 0) is 58.9 Å². The molecule has 3 heterocycles. The first-order chi connectivity index (χ1) is 41.6. The number of carbonyl (C=O) groups excluding carboxylic acids is 9. The molecule has 2 fully saturated rings. The molecule has 0 saturated carbocycles. The number of alkyl carbamates (subject to hydrolysis) is 1. The summed E-state index contributed by atoms with van der Waals surface area (Å²) in [5.74, 6) is -6.56. The second-order valence-electron chi connectivity index (χ2n) is 22.8. The Morgan fingerprint density at radius 2 is 1.74 bits per heavy atom. The van der Waals surface area contributed by atoms with E-state index in [1.807, 2.05) is 13.0 Å². The Morgan fingerprint density at radius 3 is 2.36 bits per heavy atom. The Bertz CT molecular complexity index is 2920. The number of benzene rings is 2. The molecule has 0 aliphatic carbocycles. The number of alkyl halides is 2. The Balaban J connectivity index is 1.33. The van der Waals surface area contributed by atoms with E-state index in [1.54, 1.807) is 52.0 Å². The number of hydrogen-bond acceptors (Lipinski definition) is 17. The fourth-order valence-corrected chi connectivity index (χ4v) is 12.2. The summed E-state index contributed by atoms with van der Waals surface area (Å²) in [6.45, 7) is 10.2. The van der Waals surface area contributed by atoms with Crippen molar-refractivity contribution in [3.05, 3.63) is 76.1 Å². The van der Waals surface area contributed by atoms with Crippen molar-refractivity contribution >= 4 is 109 Å². The average Bonchev–Trinajstić information content (AvgIpc) is 1.58. The van der Waals surface area contributed by atoms with Crippen molar-refractivity contribution in [1.29, 1.82) is 0 Å². The van der Waals surface area contributed by atoms with Gasteiger partial charge in [-0.05, 0) is 101 Å². The van der Waals surface area contributed by atoms with Gasteiger partial charge >= 0.3 is 24.1 Å². The lowest BCUT2D eigenvalue weighted by molar-refractivity contribution is -0.158. The van der Waals surface area contributed by atoms with Crippen LogP contribution in [0.3, 0.4) is 0 Å². The van der Waals surface area contributed by atoms with Gasteiger partial charge in [0.15, 0.2) is 5.72 Å². The van der Waals surface area contributed by atoms with Crippen LogP contribution in [0, 0.1) is 23.6 Å². The van der Waals surface area contributed by atoms with Gasteiger partial charge in [-0.2, -0.15) is 0 Å². The molecule has 7 amide bonds. The molecule has 3 aliphatic heterocycles. The second kappa shape index (κ2) is 33.0. The van der Waals surface area contributed by atoms with Gasteiger partial charge in [-0.25, -0.2) is 18.8 Å². The number of hydrogen-bond donors (Lipinski definition) is 7. The minimum Gasteiger partial charge on any atom is -0.495 e. The molecule has 2 aromatic carbocycles. The third kappa shape index (κ3) is 19.1. The number of unbranched alkanes of at least 4 members (excludes halogenated alkanes) is 1. The lowest BCUT2D eigenvalue weighted by atomic mass is 9.83. The maximum atomic E-state index is 16.2. The van der Waals surface area contributed by atoms with Gasteiger partial charge in [0.05, 0.1) is 55.5 Å². The predicted molar refractivity (Wildman–Crippen MR) is 332 cm³/mol. The van der Waals surface area contributed by atoms with E-state index >= 15 is 4.39 Å². The minimum atomic E-state index is -1.94. The van der Waals surface area contributed by atoms with Crippen LogP contribution in [0.15, 0.2) is 54.1 Å². The van der Waals surface area contributed by atoms with Gasteiger partial charge in [-0.15, -0.1) is 0 Å². The summed E-state index contributed by atoms with van der Waals surface area (Å²) in [6.07, 6.45) is 1.72. The van der Waals surface area contributed by atoms with Gasteiger partial charge in [0.2, 0.25) is 17.7 Å². The zero-order valence-electron chi connectivity index (χ0n) is 51.1. The molecule has 486 valence electrons. The van der Waals surface area contributed by atoms with Crippen molar-refractivity contribution in [2.45, 2.75) is 153 Å². The number of aliphatic hydroxyl groups is 1. The van der Waals surface area contributed by atoms with Gasteiger partial charge in [0.25, 0.3) is 5.91 Å². The summed E-state index contributed by atoms with van der Waals surface area (Å²) < 4.78 is 50.9. The SMILES string of the molecule is COc1cc2cc(c1Cl)N(C)C(=O)C[C@H](OC(=O)[C@H](C)N(C)C(=O)c1ccc(NC(=O)[C@H](CCCNC(N)=O)NC(=O)[C@@H](NC(C=O)CCCCOC(=O)C(CBr)CBr)C(C)C)cc1F)[C@]1(C)O[C@H]1[C@H](C)[C@@H]1C[C@@](O)(NC(=O)O1)[C@H](OC)/C=C/C=C(\C)C2. The van der Waals surface area contributed by atoms with Crippen molar-refractivity contribution in [3.8, 4) is 5.75 Å². The third-order valence-corrected chi connectivity index (χ3v) is 17.8. The number of carbonyl (C=O) groups is 9. The monoisotopic (exact) mass is 1380 g/mol. The molecular weight excluding hydrogens is 1300 g/mol. The minimum absolute atomic E-state index is 0.0293. The molecule has 28 heteroatoms. The van der Waals surface area contributed by atoms with Crippen LogP contribution in [0.25, 0.3) is 0 Å². The van der Waals surface area contributed by atoms with E-state index in [4.69, 9.17) is 45.8 Å². The van der Waals surface area contributed by atoms with Crippen LogP contribution in [0.1, 0.15) is 102 Å². The highest BCUT2D eigenvalue weighted by Crippen LogP contribution is 2.49. The average molecular weight is 1390 g/mol. The first-order valence-electron chi connectivity index (χ1n) is 28.9. The molecule has 8 N–H and O–H groups in total. The van der Waals surface area contributed by atoms with Gasteiger partial charge in [-0.3, -0.25) is 34.6 Å². The van der Waals surface area contributed by atoms with Crippen LogP contribution < -0.4 is 42.0 Å². The topological polar surface area (TPSA) is 325 Å². The highest BCUT2D eigenvalue weighted by atomic mass is 79.9. The second-order valence-corrected chi connectivity index (χ2v) is 24.5. The molecule has 4 bridgehead atoms. The first-order valence-corrected chi connectivity index (χ1v) is 31.5. The van der Waals surface area contributed by atoms with Crippen LogP contribution >= 0.6 is 43.5 Å². The summed E-state index contributed by atoms with van der Waals surface area (Å²) in [6, 6.07) is 1.43. The maximum Gasteiger partial charge on any atom is 0.409 e. The van der Waals surface area contributed by atoms with Crippen molar-refractivity contribution in [3.63, 3.8) is 0 Å². The number of aldehydes is 1. The van der Waals surface area contributed by atoms with Crippen LogP contribution in [0.2, 0.25) is 5.02 Å². The van der Waals surface area contributed by atoms with E-state index in [1.165, 1.54) is 46.2 Å². The maximum absolute atomic E-state index is 16.2. The predicted octanol–water partition coefficient (Wildman–Crippen LogP) is 6.14. The van der Waals surface area contributed by atoms with Crippen molar-refractivity contribution in [2.75, 3.05) is 62.3 Å². The number of nitrogens with one attached hydrogen (secondary N) is 5. The van der Waals surface area contributed by atoms with Gasteiger partial charge in [-0.1, -0.05) is 88.0 Å². The lowest BCUT2D eigenvalue weighted by Crippen LogP contribution is -2.63. The van der Waals surface area contributed by atoms with E-state index in [-0.39, 0.29) is 72.4 Å². The fraction of sp³-hybridized carbons (Fsp3) is 0.583. The fourth-order valence-electron chi connectivity index (χ4n) is 10.3. The van der Waals surface area contributed by atoms with Crippen LogP contribution in [0.5, 0.6) is 5.75 Å². The molecule has 2 saturated heterocycles.